The van der Waals surface area contributed by atoms with Crippen LogP contribution in [0.15, 0.2) is 24.3 Å². The first kappa shape index (κ1) is 19.2. The first-order valence-corrected chi connectivity index (χ1v) is 9.21. The van der Waals surface area contributed by atoms with Gasteiger partial charge in [0.1, 0.15) is 11.5 Å². The number of carbonyl (C=O) groups is 1. The number of rotatable bonds is 5. The molecule has 27 heavy (non-hydrogen) atoms. The van der Waals surface area contributed by atoms with Crippen LogP contribution >= 0.6 is 11.6 Å². The summed E-state index contributed by atoms with van der Waals surface area (Å²) in [6.45, 7) is 3.75. The molecule has 144 valence electrons. The number of nitrogens with one attached hydrogen (secondary N) is 1. The topological polar surface area (TPSA) is 76.6 Å². The number of amides is 1. The Balaban J connectivity index is 1.73. The number of aromatic nitrogens is 2. The van der Waals surface area contributed by atoms with E-state index in [0.29, 0.717) is 39.6 Å². The molecular formula is C19H23ClN4O3. The van der Waals surface area contributed by atoms with Crippen molar-refractivity contribution in [1.29, 1.82) is 0 Å². The molecule has 1 aliphatic heterocycles. The molecule has 1 aromatic carbocycles. The van der Waals surface area contributed by atoms with Gasteiger partial charge >= 0.3 is 0 Å². The zero-order valence-electron chi connectivity index (χ0n) is 15.7. The van der Waals surface area contributed by atoms with Crippen LogP contribution in [0.2, 0.25) is 5.02 Å². The van der Waals surface area contributed by atoms with E-state index in [-0.39, 0.29) is 5.91 Å². The number of hydrogen-bond donors (Lipinski definition) is 1. The summed E-state index contributed by atoms with van der Waals surface area (Å²) >= 11 is 6.12. The van der Waals surface area contributed by atoms with Gasteiger partial charge in [-0.25, -0.2) is 0 Å². The molecule has 1 N–H and O–H groups in total. The summed E-state index contributed by atoms with van der Waals surface area (Å²) in [5, 5.41) is 11.8. The van der Waals surface area contributed by atoms with Gasteiger partial charge in [0, 0.05) is 25.2 Å². The molecule has 8 heteroatoms. The molecule has 2 heterocycles. The van der Waals surface area contributed by atoms with E-state index in [0.717, 1.165) is 25.9 Å². The van der Waals surface area contributed by atoms with E-state index in [4.69, 9.17) is 21.1 Å². The number of likely N-dealkylation sites (tertiary alicyclic amines) is 1. The summed E-state index contributed by atoms with van der Waals surface area (Å²) in [6, 6.07) is 6.77. The number of carbonyl (C=O) groups excluding carboxylic acids is 1. The summed E-state index contributed by atoms with van der Waals surface area (Å²) in [6.07, 6.45) is 2.05. The van der Waals surface area contributed by atoms with Crippen LogP contribution in [0.25, 0.3) is 0 Å². The Kier molecular flexibility index (Phi) is 6.01. The van der Waals surface area contributed by atoms with E-state index >= 15 is 0 Å². The number of nitrogens with zero attached hydrogens (tertiary/aromatic N) is 3. The second-order valence-corrected chi connectivity index (χ2v) is 7.00. The molecule has 1 saturated heterocycles. The highest BCUT2D eigenvalue weighted by Crippen LogP contribution is 2.37. The summed E-state index contributed by atoms with van der Waals surface area (Å²) in [5.41, 5.74) is 0.980. The molecule has 0 radical (unpaired) electrons. The Morgan fingerprint density at radius 1 is 1.15 bits per heavy atom. The normalized spacial score (nSPS) is 14.7. The quantitative estimate of drug-likeness (QED) is 0.837. The van der Waals surface area contributed by atoms with Gasteiger partial charge in [-0.15, -0.1) is 10.2 Å². The monoisotopic (exact) mass is 390 g/mol. The molecule has 0 bridgehead atoms. The molecule has 0 saturated carbocycles. The van der Waals surface area contributed by atoms with Gasteiger partial charge in [0.05, 0.1) is 24.9 Å². The van der Waals surface area contributed by atoms with E-state index in [1.165, 1.54) is 0 Å². The predicted octanol–water partition coefficient (Wildman–Crippen LogP) is 3.76. The summed E-state index contributed by atoms with van der Waals surface area (Å²) in [5.74, 6) is 2.13. The maximum Gasteiger partial charge on any atom is 0.274 e. The van der Waals surface area contributed by atoms with Crippen LogP contribution in [0.3, 0.4) is 0 Å². The van der Waals surface area contributed by atoms with Gasteiger partial charge in [-0.3, -0.25) is 4.79 Å². The fourth-order valence-corrected chi connectivity index (χ4v) is 3.21. The molecule has 7 nitrogen and oxygen atoms in total. The minimum atomic E-state index is -0.0771. The molecule has 3 rings (SSSR count). The molecule has 1 aromatic heterocycles. The molecule has 0 aliphatic carbocycles. The maximum atomic E-state index is 12.5. The van der Waals surface area contributed by atoms with Crippen LogP contribution in [0.5, 0.6) is 11.5 Å². The van der Waals surface area contributed by atoms with Gasteiger partial charge < -0.3 is 19.7 Å². The average Bonchev–Trinajstić information content (AvgIpc) is 2.69. The van der Waals surface area contributed by atoms with Crippen LogP contribution in [-0.4, -0.2) is 48.3 Å². The number of piperidine rings is 1. The van der Waals surface area contributed by atoms with Gasteiger partial charge in [0.25, 0.3) is 5.91 Å². The summed E-state index contributed by atoms with van der Waals surface area (Å²) < 4.78 is 10.6. The second kappa shape index (κ2) is 8.43. The highest BCUT2D eigenvalue weighted by molar-refractivity contribution is 6.32. The smallest absolute Gasteiger partial charge is 0.274 e. The summed E-state index contributed by atoms with van der Waals surface area (Å²) in [7, 11) is 3.09. The third-order valence-corrected chi connectivity index (χ3v) is 4.99. The number of halogens is 1. The van der Waals surface area contributed by atoms with E-state index in [1.54, 1.807) is 38.5 Å². The molecule has 0 atom stereocenters. The number of benzene rings is 1. The van der Waals surface area contributed by atoms with Crippen molar-refractivity contribution in [2.45, 2.75) is 19.8 Å². The van der Waals surface area contributed by atoms with E-state index in [9.17, 15) is 4.79 Å². The first-order chi connectivity index (χ1) is 13.0. The van der Waals surface area contributed by atoms with Crippen LogP contribution in [-0.2, 0) is 0 Å². The van der Waals surface area contributed by atoms with Crippen molar-refractivity contribution in [2.24, 2.45) is 5.92 Å². The number of ether oxygens (including phenoxy) is 2. The van der Waals surface area contributed by atoms with Gasteiger partial charge in [-0.1, -0.05) is 18.5 Å². The first-order valence-electron chi connectivity index (χ1n) is 8.83. The van der Waals surface area contributed by atoms with E-state index in [1.807, 2.05) is 4.90 Å². The minimum absolute atomic E-state index is 0.0771. The van der Waals surface area contributed by atoms with Crippen molar-refractivity contribution in [3.05, 3.63) is 35.0 Å². The largest absolute Gasteiger partial charge is 0.495 e. The van der Waals surface area contributed by atoms with Crippen molar-refractivity contribution in [3.63, 3.8) is 0 Å². The van der Waals surface area contributed by atoms with Gasteiger partial charge in [0.2, 0.25) is 0 Å². The zero-order valence-corrected chi connectivity index (χ0v) is 16.4. The van der Waals surface area contributed by atoms with Gasteiger partial charge in [-0.2, -0.15) is 0 Å². The fraction of sp³-hybridized carbons (Fsp3) is 0.421. The van der Waals surface area contributed by atoms with Gasteiger partial charge in [0.15, 0.2) is 11.5 Å². The highest BCUT2D eigenvalue weighted by atomic mass is 35.5. The average molecular weight is 391 g/mol. The Morgan fingerprint density at radius 2 is 1.85 bits per heavy atom. The minimum Gasteiger partial charge on any atom is -0.495 e. The second-order valence-electron chi connectivity index (χ2n) is 6.59. The third-order valence-electron chi connectivity index (χ3n) is 4.69. The maximum absolute atomic E-state index is 12.5. The van der Waals surface area contributed by atoms with Gasteiger partial charge in [-0.05, 0) is 30.9 Å². The number of hydrogen-bond acceptors (Lipinski definition) is 6. The fourth-order valence-electron chi connectivity index (χ4n) is 2.98. The predicted molar refractivity (Wildman–Crippen MR) is 104 cm³/mol. The summed E-state index contributed by atoms with van der Waals surface area (Å²) in [4.78, 5) is 14.4. The molecular weight excluding hydrogens is 368 g/mol. The number of anilines is 2. The van der Waals surface area contributed by atoms with E-state index in [2.05, 4.69) is 22.4 Å². The lowest BCUT2D eigenvalue weighted by molar-refractivity contribution is 0.0690. The molecule has 1 amide bonds. The molecule has 0 spiro atoms. The Labute approximate surface area is 163 Å². The van der Waals surface area contributed by atoms with Crippen molar-refractivity contribution in [1.82, 2.24) is 15.1 Å². The van der Waals surface area contributed by atoms with Crippen molar-refractivity contribution < 1.29 is 14.3 Å². The lowest BCUT2D eigenvalue weighted by Gasteiger charge is -2.29. The molecule has 0 unspecified atom stereocenters. The number of methoxy groups -OCH3 is 2. The van der Waals surface area contributed by atoms with Crippen molar-refractivity contribution in [2.75, 3.05) is 32.6 Å². The SMILES string of the molecule is COc1cc(Nc2ccc(C(=O)N3CCC(C)CC3)nn2)c(OC)cc1Cl. The highest BCUT2D eigenvalue weighted by Gasteiger charge is 2.22. The Bertz CT molecular complexity index is 805. The molecule has 1 fully saturated rings. The standard InChI is InChI=1S/C19H23ClN4O3/c1-12-6-8-24(9-7-12)19(25)14-4-5-18(23-22-14)21-15-11-16(26-2)13(20)10-17(15)27-3/h4-5,10-12H,6-9H2,1-3H3,(H,21,23). The van der Waals surface area contributed by atoms with Crippen LogP contribution in [0, 0.1) is 5.92 Å². The molecule has 1 aliphatic rings. The van der Waals surface area contributed by atoms with Crippen molar-refractivity contribution >= 4 is 29.0 Å². The third kappa shape index (κ3) is 4.42. The lowest BCUT2D eigenvalue weighted by atomic mass is 9.99. The Hall–Kier alpha value is -2.54. The van der Waals surface area contributed by atoms with Crippen LogP contribution in [0.1, 0.15) is 30.3 Å². The van der Waals surface area contributed by atoms with Crippen molar-refractivity contribution in [3.8, 4) is 11.5 Å². The van der Waals surface area contributed by atoms with Crippen LogP contribution < -0.4 is 14.8 Å². The Morgan fingerprint density at radius 3 is 2.44 bits per heavy atom. The molecule has 2 aromatic rings. The lowest BCUT2D eigenvalue weighted by Crippen LogP contribution is -2.38. The zero-order chi connectivity index (χ0) is 19.4. The van der Waals surface area contributed by atoms with Crippen LogP contribution in [0.4, 0.5) is 11.5 Å². The van der Waals surface area contributed by atoms with E-state index < -0.39 is 0 Å².